The second-order valence-electron chi connectivity index (χ2n) is 8.17. The van der Waals surface area contributed by atoms with E-state index in [1.54, 1.807) is 42.1 Å². The molecule has 0 saturated heterocycles. The summed E-state index contributed by atoms with van der Waals surface area (Å²) >= 11 is 0. The number of rotatable bonds is 6. The first kappa shape index (κ1) is 22.9. The van der Waals surface area contributed by atoms with Gasteiger partial charge in [-0.1, -0.05) is 42.5 Å². The lowest BCUT2D eigenvalue weighted by molar-refractivity contribution is -0.125. The van der Waals surface area contributed by atoms with E-state index in [-0.39, 0.29) is 12.5 Å². The fourth-order valence-corrected chi connectivity index (χ4v) is 4.11. The number of fused-ring (bicyclic) bond motifs is 1. The molecule has 8 heteroatoms. The lowest BCUT2D eigenvalue weighted by atomic mass is 10.1. The molecule has 0 saturated carbocycles. The zero-order valence-corrected chi connectivity index (χ0v) is 19.6. The molecule has 0 fully saturated rings. The number of hydrogen-bond donors (Lipinski definition) is 1. The van der Waals surface area contributed by atoms with Gasteiger partial charge in [-0.05, 0) is 42.5 Å². The zero-order chi connectivity index (χ0) is 25.1. The number of ether oxygens (including phenoxy) is 2. The summed E-state index contributed by atoms with van der Waals surface area (Å²) in [6.45, 7) is 0.0260. The Morgan fingerprint density at radius 3 is 2.53 bits per heavy atom. The van der Waals surface area contributed by atoms with Gasteiger partial charge in [-0.3, -0.25) is 9.59 Å². The summed E-state index contributed by atoms with van der Waals surface area (Å²) in [6.07, 6.45) is 4.11. The number of carbonyl (C=O) groups is 2. The number of nitrogens with two attached hydrogens (primary N) is 1. The Labute approximate surface area is 208 Å². The normalized spacial score (nSPS) is 14.8. The van der Waals surface area contributed by atoms with E-state index < -0.39 is 12.0 Å². The number of amides is 2. The van der Waals surface area contributed by atoms with Crippen molar-refractivity contribution in [3.63, 3.8) is 0 Å². The van der Waals surface area contributed by atoms with E-state index in [1.165, 1.54) is 11.0 Å². The number of benzene rings is 3. The molecule has 2 heterocycles. The standard InChI is InChI=1S/C28H24N4O4/c1-35-23-13-7-5-11-21(23)27-19(17-32(30-27)20-9-3-2-4-10-20)15-16-26(33)31-18-25(28(29)34)36-24-14-8-6-12-22(24)31/h2-17,25H,18H2,1H3,(H2,29,34). The average Bonchev–Trinajstić information content (AvgIpc) is 3.35. The maximum atomic E-state index is 13.3. The van der Waals surface area contributed by atoms with Gasteiger partial charge in [0.15, 0.2) is 6.10 Å². The molecule has 1 unspecified atom stereocenters. The van der Waals surface area contributed by atoms with Gasteiger partial charge < -0.3 is 20.1 Å². The van der Waals surface area contributed by atoms with Gasteiger partial charge >= 0.3 is 0 Å². The Kier molecular flexibility index (Phi) is 6.23. The SMILES string of the molecule is COc1ccccc1-c1nn(-c2ccccc2)cc1C=CC(=O)N1CC(C(N)=O)Oc2ccccc21. The number of carbonyl (C=O) groups excluding carboxylic acids is 2. The Morgan fingerprint density at radius 2 is 1.75 bits per heavy atom. The number of hydrogen-bond acceptors (Lipinski definition) is 5. The molecule has 36 heavy (non-hydrogen) atoms. The summed E-state index contributed by atoms with van der Waals surface area (Å²) < 4.78 is 13.0. The summed E-state index contributed by atoms with van der Waals surface area (Å²) in [5.74, 6) is 0.161. The molecule has 1 aromatic heterocycles. The highest BCUT2D eigenvalue weighted by Crippen LogP contribution is 2.34. The fourth-order valence-electron chi connectivity index (χ4n) is 4.11. The quantitative estimate of drug-likeness (QED) is 0.423. The van der Waals surface area contributed by atoms with Crippen LogP contribution in [0.1, 0.15) is 5.56 Å². The zero-order valence-electron chi connectivity index (χ0n) is 19.6. The molecule has 0 aliphatic carbocycles. The third kappa shape index (κ3) is 4.44. The number of methoxy groups -OCH3 is 1. The highest BCUT2D eigenvalue weighted by Gasteiger charge is 2.31. The van der Waals surface area contributed by atoms with E-state index in [4.69, 9.17) is 20.3 Å². The van der Waals surface area contributed by atoms with Gasteiger partial charge in [-0.25, -0.2) is 4.68 Å². The average molecular weight is 481 g/mol. The first-order valence-electron chi connectivity index (χ1n) is 11.4. The summed E-state index contributed by atoms with van der Waals surface area (Å²) in [7, 11) is 1.61. The Balaban J connectivity index is 1.53. The maximum Gasteiger partial charge on any atom is 0.260 e. The molecule has 1 atom stereocenters. The van der Waals surface area contributed by atoms with Crippen molar-refractivity contribution in [2.24, 2.45) is 5.73 Å². The second kappa shape index (κ2) is 9.79. The summed E-state index contributed by atoms with van der Waals surface area (Å²) in [5.41, 5.74) is 9.13. The van der Waals surface area contributed by atoms with Crippen LogP contribution < -0.4 is 20.1 Å². The summed E-state index contributed by atoms with van der Waals surface area (Å²) in [5, 5.41) is 4.80. The van der Waals surface area contributed by atoms with Crippen molar-refractivity contribution in [3.05, 3.63) is 96.7 Å². The van der Waals surface area contributed by atoms with Crippen LogP contribution in [0.15, 0.2) is 91.1 Å². The Morgan fingerprint density at radius 1 is 1.03 bits per heavy atom. The second-order valence-corrected chi connectivity index (χ2v) is 8.17. The predicted octanol–water partition coefficient (Wildman–Crippen LogP) is 3.84. The van der Waals surface area contributed by atoms with Gasteiger partial charge in [0.2, 0.25) is 0 Å². The monoisotopic (exact) mass is 480 g/mol. The first-order valence-corrected chi connectivity index (χ1v) is 11.4. The van der Waals surface area contributed by atoms with Gasteiger partial charge in [0.05, 0.1) is 25.0 Å². The molecule has 1 aliphatic rings. The lowest BCUT2D eigenvalue weighted by Gasteiger charge is -2.32. The molecule has 3 aromatic carbocycles. The molecule has 1 aliphatic heterocycles. The van der Waals surface area contributed by atoms with Crippen LogP contribution in [0, 0.1) is 0 Å². The van der Waals surface area contributed by atoms with Crippen LogP contribution in [-0.2, 0) is 9.59 Å². The predicted molar refractivity (Wildman–Crippen MR) is 137 cm³/mol. The number of para-hydroxylation sites is 4. The van der Waals surface area contributed by atoms with Crippen LogP contribution >= 0.6 is 0 Å². The fraction of sp³-hybridized carbons (Fsp3) is 0.107. The van der Waals surface area contributed by atoms with Gasteiger partial charge in [-0.15, -0.1) is 0 Å². The van der Waals surface area contributed by atoms with Crippen molar-refractivity contribution in [2.45, 2.75) is 6.10 Å². The molecule has 0 spiro atoms. The van der Waals surface area contributed by atoms with Crippen LogP contribution in [0.25, 0.3) is 23.0 Å². The molecule has 0 bridgehead atoms. The van der Waals surface area contributed by atoms with E-state index in [1.807, 2.05) is 60.8 Å². The molecule has 4 aromatic rings. The third-order valence-electron chi connectivity index (χ3n) is 5.89. The topological polar surface area (TPSA) is 99.7 Å². The molecule has 180 valence electrons. The molecule has 2 amide bonds. The van der Waals surface area contributed by atoms with Crippen LogP contribution in [0.3, 0.4) is 0 Å². The number of aromatic nitrogens is 2. The summed E-state index contributed by atoms with van der Waals surface area (Å²) in [4.78, 5) is 26.7. The molecular weight excluding hydrogens is 456 g/mol. The Bertz CT molecular complexity index is 1440. The smallest absolute Gasteiger partial charge is 0.260 e. The molecular formula is C28H24N4O4. The summed E-state index contributed by atoms with van der Waals surface area (Å²) in [6, 6.07) is 24.4. The number of primary amides is 1. The van der Waals surface area contributed by atoms with Crippen LogP contribution in [-0.4, -0.2) is 41.4 Å². The van der Waals surface area contributed by atoms with E-state index >= 15 is 0 Å². The van der Waals surface area contributed by atoms with Crippen molar-refractivity contribution in [2.75, 3.05) is 18.6 Å². The van der Waals surface area contributed by atoms with Gasteiger partial charge in [0.25, 0.3) is 11.8 Å². The minimum Gasteiger partial charge on any atom is -0.496 e. The van der Waals surface area contributed by atoms with E-state index in [0.717, 1.165) is 16.8 Å². The van der Waals surface area contributed by atoms with E-state index in [2.05, 4.69) is 0 Å². The molecule has 8 nitrogen and oxygen atoms in total. The molecule has 5 rings (SSSR count). The van der Waals surface area contributed by atoms with Crippen molar-refractivity contribution in [1.82, 2.24) is 9.78 Å². The molecule has 0 radical (unpaired) electrons. The first-order chi connectivity index (χ1) is 17.5. The minimum atomic E-state index is -0.928. The van der Waals surface area contributed by atoms with Gasteiger partial charge in [0, 0.05) is 23.4 Å². The van der Waals surface area contributed by atoms with Crippen LogP contribution in [0.4, 0.5) is 5.69 Å². The lowest BCUT2D eigenvalue weighted by Crippen LogP contribution is -2.49. The number of nitrogens with zero attached hydrogens (tertiary/aromatic N) is 3. The maximum absolute atomic E-state index is 13.3. The van der Waals surface area contributed by atoms with Gasteiger partial charge in [0.1, 0.15) is 17.2 Å². The Hall–Kier alpha value is -4.85. The van der Waals surface area contributed by atoms with E-state index in [0.29, 0.717) is 22.9 Å². The van der Waals surface area contributed by atoms with Crippen molar-refractivity contribution in [1.29, 1.82) is 0 Å². The van der Waals surface area contributed by atoms with Crippen LogP contribution in [0.2, 0.25) is 0 Å². The highest BCUT2D eigenvalue weighted by atomic mass is 16.5. The van der Waals surface area contributed by atoms with Crippen molar-refractivity contribution >= 4 is 23.6 Å². The van der Waals surface area contributed by atoms with Gasteiger partial charge in [-0.2, -0.15) is 5.10 Å². The highest BCUT2D eigenvalue weighted by molar-refractivity contribution is 6.06. The third-order valence-corrected chi connectivity index (χ3v) is 5.89. The largest absolute Gasteiger partial charge is 0.496 e. The van der Waals surface area contributed by atoms with E-state index in [9.17, 15) is 9.59 Å². The minimum absolute atomic E-state index is 0.0260. The van der Waals surface area contributed by atoms with Crippen molar-refractivity contribution < 1.29 is 19.1 Å². The van der Waals surface area contributed by atoms with Crippen LogP contribution in [0.5, 0.6) is 11.5 Å². The molecule has 2 N–H and O–H groups in total. The van der Waals surface area contributed by atoms with Crippen molar-refractivity contribution in [3.8, 4) is 28.4 Å². The number of anilines is 1.